The van der Waals surface area contributed by atoms with Gasteiger partial charge in [-0.25, -0.2) is 0 Å². The van der Waals surface area contributed by atoms with E-state index in [0.29, 0.717) is 6.61 Å². The highest BCUT2D eigenvalue weighted by molar-refractivity contribution is 6.76. The van der Waals surface area contributed by atoms with Crippen molar-refractivity contribution in [2.45, 2.75) is 32.1 Å². The Morgan fingerprint density at radius 2 is 2.00 bits per heavy atom. The highest BCUT2D eigenvalue weighted by Crippen LogP contribution is 2.05. The Kier molecular flexibility index (Phi) is 5.57. The van der Waals surface area contributed by atoms with E-state index in [1.165, 1.54) is 6.26 Å². The van der Waals surface area contributed by atoms with Crippen LogP contribution in [-0.2, 0) is 4.74 Å². The second-order valence-corrected chi connectivity index (χ2v) is 9.35. The molecule has 0 radical (unpaired) electrons. The van der Waals surface area contributed by atoms with Crippen LogP contribution in [-0.4, -0.2) is 14.7 Å². The first-order chi connectivity index (χ1) is 5.56. The lowest BCUT2D eigenvalue weighted by atomic mass is 10.4. The van der Waals surface area contributed by atoms with Crippen LogP contribution in [0.4, 0.5) is 0 Å². The zero-order chi connectivity index (χ0) is 9.45. The van der Waals surface area contributed by atoms with E-state index in [4.69, 9.17) is 4.74 Å². The number of hydrogen-bond acceptors (Lipinski definition) is 1. The third kappa shape index (κ3) is 9.32. The Balaban J connectivity index is 3.41. The van der Waals surface area contributed by atoms with E-state index in [0.717, 1.165) is 12.5 Å². The summed E-state index contributed by atoms with van der Waals surface area (Å²) >= 11 is 0. The standard InChI is InChI=1S/C10H18OSi/c1-5-11-9-7-6-8-10-12(2,3)4/h5H,1,7,9-10H2,2-4H3. The summed E-state index contributed by atoms with van der Waals surface area (Å²) in [5.41, 5.74) is 0. The van der Waals surface area contributed by atoms with Gasteiger partial charge >= 0.3 is 0 Å². The molecule has 2 heteroatoms. The molecule has 0 atom stereocenters. The normalized spacial score (nSPS) is 9.92. The van der Waals surface area contributed by atoms with E-state index in [2.05, 4.69) is 38.1 Å². The third-order valence-corrected chi connectivity index (χ3v) is 2.44. The van der Waals surface area contributed by atoms with Crippen LogP contribution < -0.4 is 0 Å². The summed E-state index contributed by atoms with van der Waals surface area (Å²) in [4.78, 5) is 0. The van der Waals surface area contributed by atoms with Crippen molar-refractivity contribution >= 4 is 8.07 Å². The molecule has 0 aliphatic heterocycles. The summed E-state index contributed by atoms with van der Waals surface area (Å²) in [6.45, 7) is 11.1. The molecule has 0 aromatic heterocycles. The Labute approximate surface area is 76.8 Å². The quantitative estimate of drug-likeness (QED) is 0.281. The zero-order valence-electron chi connectivity index (χ0n) is 8.31. The average Bonchev–Trinajstić information content (AvgIpc) is 1.94. The molecular weight excluding hydrogens is 164 g/mol. The molecule has 0 saturated heterocycles. The highest BCUT2D eigenvalue weighted by Gasteiger charge is 2.09. The van der Waals surface area contributed by atoms with Gasteiger partial charge in [-0.3, -0.25) is 0 Å². The lowest BCUT2D eigenvalue weighted by Gasteiger charge is -2.09. The minimum absolute atomic E-state index is 0.669. The summed E-state index contributed by atoms with van der Waals surface area (Å²) < 4.78 is 4.94. The van der Waals surface area contributed by atoms with Crippen molar-refractivity contribution in [3.8, 4) is 11.8 Å². The maximum atomic E-state index is 4.94. The van der Waals surface area contributed by atoms with Gasteiger partial charge in [-0.05, 0) is 0 Å². The molecule has 0 saturated carbocycles. The van der Waals surface area contributed by atoms with Gasteiger partial charge in [0.25, 0.3) is 0 Å². The van der Waals surface area contributed by atoms with Crippen LogP contribution in [0.1, 0.15) is 6.42 Å². The second kappa shape index (κ2) is 5.90. The Bertz CT molecular complexity index is 180. The van der Waals surface area contributed by atoms with Crippen molar-refractivity contribution in [1.29, 1.82) is 0 Å². The molecule has 0 fully saturated rings. The molecule has 0 spiro atoms. The molecule has 0 unspecified atom stereocenters. The monoisotopic (exact) mass is 182 g/mol. The molecule has 0 amide bonds. The van der Waals surface area contributed by atoms with Crippen LogP contribution in [0.5, 0.6) is 0 Å². The van der Waals surface area contributed by atoms with E-state index in [-0.39, 0.29) is 0 Å². The average molecular weight is 182 g/mol. The second-order valence-electron chi connectivity index (χ2n) is 3.88. The number of ether oxygens (including phenoxy) is 1. The first-order valence-corrected chi connectivity index (χ1v) is 7.95. The Morgan fingerprint density at radius 1 is 1.33 bits per heavy atom. The van der Waals surface area contributed by atoms with Gasteiger partial charge in [0.15, 0.2) is 0 Å². The van der Waals surface area contributed by atoms with Crippen LogP contribution in [0.15, 0.2) is 12.8 Å². The Hall–Kier alpha value is -0.683. The number of hydrogen-bond donors (Lipinski definition) is 0. The van der Waals surface area contributed by atoms with E-state index < -0.39 is 8.07 Å². The van der Waals surface area contributed by atoms with E-state index in [9.17, 15) is 0 Å². The molecular formula is C10H18OSi. The van der Waals surface area contributed by atoms with Gasteiger partial charge in [-0.15, -0.1) is 11.8 Å². The van der Waals surface area contributed by atoms with Gasteiger partial charge in [-0.1, -0.05) is 26.2 Å². The molecule has 0 rings (SSSR count). The minimum atomic E-state index is -0.960. The minimum Gasteiger partial charge on any atom is -0.501 e. The lowest BCUT2D eigenvalue weighted by Crippen LogP contribution is -2.17. The maximum absolute atomic E-state index is 4.94. The largest absolute Gasteiger partial charge is 0.501 e. The molecule has 12 heavy (non-hydrogen) atoms. The van der Waals surface area contributed by atoms with Crippen molar-refractivity contribution < 1.29 is 4.74 Å². The fourth-order valence-electron chi connectivity index (χ4n) is 0.609. The number of rotatable bonds is 4. The fourth-order valence-corrected chi connectivity index (χ4v) is 1.26. The summed E-state index contributed by atoms with van der Waals surface area (Å²) in [5, 5.41) is 0. The molecule has 0 aromatic carbocycles. The molecule has 0 N–H and O–H groups in total. The predicted molar refractivity (Wildman–Crippen MR) is 56.7 cm³/mol. The van der Waals surface area contributed by atoms with Crippen molar-refractivity contribution in [3.63, 3.8) is 0 Å². The first kappa shape index (κ1) is 11.3. The molecule has 0 aromatic rings. The van der Waals surface area contributed by atoms with Crippen LogP contribution in [0.25, 0.3) is 0 Å². The lowest BCUT2D eigenvalue weighted by molar-refractivity contribution is 0.259. The van der Waals surface area contributed by atoms with E-state index in [1.807, 2.05) is 0 Å². The van der Waals surface area contributed by atoms with Crippen LogP contribution in [0, 0.1) is 11.8 Å². The first-order valence-electron chi connectivity index (χ1n) is 4.24. The van der Waals surface area contributed by atoms with Crippen molar-refractivity contribution in [2.75, 3.05) is 6.61 Å². The summed E-state index contributed by atoms with van der Waals surface area (Å²) in [5.74, 6) is 6.27. The van der Waals surface area contributed by atoms with E-state index in [1.54, 1.807) is 0 Å². The van der Waals surface area contributed by atoms with Gasteiger partial charge < -0.3 is 4.74 Å². The molecule has 1 nitrogen and oxygen atoms in total. The maximum Gasteiger partial charge on any atom is 0.0982 e. The molecule has 68 valence electrons. The highest BCUT2D eigenvalue weighted by atomic mass is 28.3. The van der Waals surface area contributed by atoms with E-state index >= 15 is 0 Å². The molecule has 0 bridgehead atoms. The SMILES string of the molecule is C=COCCC#CC[Si](C)(C)C. The van der Waals surface area contributed by atoms with Gasteiger partial charge in [0.1, 0.15) is 0 Å². The predicted octanol–water partition coefficient (Wildman–Crippen LogP) is 2.88. The summed E-state index contributed by atoms with van der Waals surface area (Å²) in [7, 11) is -0.960. The molecule has 0 heterocycles. The molecule has 0 aliphatic carbocycles. The summed E-state index contributed by atoms with van der Waals surface area (Å²) in [6, 6.07) is 1.08. The van der Waals surface area contributed by atoms with Gasteiger partial charge in [0.2, 0.25) is 0 Å². The summed E-state index contributed by atoms with van der Waals surface area (Å²) in [6.07, 6.45) is 2.27. The molecule has 0 aliphatic rings. The third-order valence-electron chi connectivity index (χ3n) is 1.21. The van der Waals surface area contributed by atoms with Crippen molar-refractivity contribution in [1.82, 2.24) is 0 Å². The van der Waals surface area contributed by atoms with Crippen molar-refractivity contribution in [2.24, 2.45) is 0 Å². The van der Waals surface area contributed by atoms with Gasteiger partial charge in [-0.2, -0.15) is 0 Å². The van der Waals surface area contributed by atoms with Crippen LogP contribution in [0.3, 0.4) is 0 Å². The fraction of sp³-hybridized carbons (Fsp3) is 0.600. The zero-order valence-corrected chi connectivity index (χ0v) is 9.31. The Morgan fingerprint density at radius 3 is 2.50 bits per heavy atom. The van der Waals surface area contributed by atoms with Crippen LogP contribution >= 0.6 is 0 Å². The van der Waals surface area contributed by atoms with Crippen molar-refractivity contribution in [3.05, 3.63) is 12.8 Å². The topological polar surface area (TPSA) is 9.23 Å². The van der Waals surface area contributed by atoms with Crippen LogP contribution in [0.2, 0.25) is 25.7 Å². The van der Waals surface area contributed by atoms with Gasteiger partial charge in [0, 0.05) is 12.5 Å². The smallest absolute Gasteiger partial charge is 0.0982 e. The van der Waals surface area contributed by atoms with Gasteiger partial charge in [0.05, 0.1) is 20.9 Å².